The minimum Gasteiger partial charge on any atom is -0.350 e. The van der Waals surface area contributed by atoms with Crippen molar-refractivity contribution in [3.63, 3.8) is 0 Å². The van der Waals surface area contributed by atoms with Gasteiger partial charge in [-0.15, -0.1) is 0 Å². The first-order chi connectivity index (χ1) is 12.8. The number of carbonyl (C=O) groups is 3. The highest BCUT2D eigenvalue weighted by molar-refractivity contribution is 5.94. The predicted octanol–water partition coefficient (Wildman–Crippen LogP) is 1.86. The number of hydrogen-bond donors (Lipinski definition) is 2. The number of rotatable bonds is 7. The molecular weight excluding hydrogens is 356 g/mol. The molecule has 1 aromatic rings. The lowest BCUT2D eigenvalue weighted by atomic mass is 10.1. The van der Waals surface area contributed by atoms with E-state index in [4.69, 9.17) is 0 Å². The van der Waals surface area contributed by atoms with E-state index in [2.05, 4.69) is 10.6 Å². The quantitative estimate of drug-likeness (QED) is 0.745. The Labute approximate surface area is 168 Å². The van der Waals surface area contributed by atoms with Crippen molar-refractivity contribution in [1.82, 2.24) is 15.1 Å². The summed E-state index contributed by atoms with van der Waals surface area (Å²) in [4.78, 5) is 39.6. The summed E-state index contributed by atoms with van der Waals surface area (Å²) in [5.41, 5.74) is 3.63. The SMILES string of the molecule is Cc1cc(C)c(NC(=O)CN(C)CC(=O)N(C)CC(=O)NC(C)(C)C)c(C)c1. The summed E-state index contributed by atoms with van der Waals surface area (Å²) in [7, 11) is 3.28. The van der Waals surface area contributed by atoms with Crippen LogP contribution >= 0.6 is 0 Å². The fourth-order valence-electron chi connectivity index (χ4n) is 2.97. The molecule has 0 spiro atoms. The molecule has 0 heterocycles. The fourth-order valence-corrected chi connectivity index (χ4v) is 2.97. The van der Waals surface area contributed by atoms with Gasteiger partial charge in [0.25, 0.3) is 0 Å². The Hall–Kier alpha value is -2.41. The van der Waals surface area contributed by atoms with E-state index in [-0.39, 0.29) is 42.9 Å². The molecular formula is C21H34N4O3. The molecule has 0 aliphatic carbocycles. The third kappa shape index (κ3) is 8.08. The first kappa shape index (κ1) is 23.6. The Morgan fingerprint density at radius 2 is 1.43 bits per heavy atom. The highest BCUT2D eigenvalue weighted by Crippen LogP contribution is 2.21. The maximum absolute atomic E-state index is 12.4. The van der Waals surface area contributed by atoms with Crippen LogP contribution in [0.2, 0.25) is 0 Å². The molecule has 0 unspecified atom stereocenters. The van der Waals surface area contributed by atoms with E-state index in [1.165, 1.54) is 4.90 Å². The molecule has 28 heavy (non-hydrogen) atoms. The van der Waals surface area contributed by atoms with E-state index < -0.39 is 0 Å². The molecule has 0 atom stereocenters. The lowest BCUT2D eigenvalue weighted by Crippen LogP contribution is -2.48. The zero-order valence-corrected chi connectivity index (χ0v) is 18.4. The number of aryl methyl sites for hydroxylation is 3. The zero-order chi connectivity index (χ0) is 21.6. The van der Waals surface area contributed by atoms with Crippen LogP contribution in [0, 0.1) is 20.8 Å². The summed E-state index contributed by atoms with van der Waals surface area (Å²) < 4.78 is 0. The second-order valence-electron chi connectivity index (χ2n) is 8.54. The van der Waals surface area contributed by atoms with Crippen LogP contribution in [0.25, 0.3) is 0 Å². The first-order valence-corrected chi connectivity index (χ1v) is 9.39. The Kier molecular flexibility index (Phi) is 8.17. The van der Waals surface area contributed by atoms with Gasteiger partial charge < -0.3 is 15.5 Å². The van der Waals surface area contributed by atoms with Crippen molar-refractivity contribution in [2.75, 3.05) is 39.0 Å². The molecule has 0 bridgehead atoms. The second kappa shape index (κ2) is 9.68. The number of anilines is 1. The summed E-state index contributed by atoms with van der Waals surface area (Å²) in [6.07, 6.45) is 0. The van der Waals surface area contributed by atoms with Gasteiger partial charge in [0.05, 0.1) is 19.6 Å². The Balaban J connectivity index is 2.54. The van der Waals surface area contributed by atoms with Gasteiger partial charge in [-0.25, -0.2) is 0 Å². The van der Waals surface area contributed by atoms with Crippen molar-refractivity contribution in [2.45, 2.75) is 47.1 Å². The van der Waals surface area contributed by atoms with Gasteiger partial charge in [0, 0.05) is 18.3 Å². The van der Waals surface area contributed by atoms with Crippen molar-refractivity contribution >= 4 is 23.4 Å². The monoisotopic (exact) mass is 390 g/mol. The smallest absolute Gasteiger partial charge is 0.240 e. The maximum atomic E-state index is 12.4. The minimum absolute atomic E-state index is 0.0160. The lowest BCUT2D eigenvalue weighted by molar-refractivity contribution is -0.136. The summed E-state index contributed by atoms with van der Waals surface area (Å²) >= 11 is 0. The van der Waals surface area contributed by atoms with Crippen LogP contribution < -0.4 is 10.6 Å². The van der Waals surface area contributed by atoms with Gasteiger partial charge in [-0.05, 0) is 59.7 Å². The number of carbonyl (C=O) groups excluding carboxylic acids is 3. The maximum Gasteiger partial charge on any atom is 0.240 e. The topological polar surface area (TPSA) is 81.8 Å². The van der Waals surface area contributed by atoms with Crippen LogP contribution in [-0.2, 0) is 14.4 Å². The van der Waals surface area contributed by atoms with Gasteiger partial charge in [-0.1, -0.05) is 17.7 Å². The predicted molar refractivity (Wildman–Crippen MR) is 112 cm³/mol. The fraction of sp³-hybridized carbons (Fsp3) is 0.571. The highest BCUT2D eigenvalue weighted by atomic mass is 16.2. The molecule has 0 aliphatic heterocycles. The molecule has 0 radical (unpaired) electrons. The zero-order valence-electron chi connectivity index (χ0n) is 18.4. The Bertz CT molecular complexity index is 715. The third-order valence-corrected chi connectivity index (χ3v) is 4.08. The molecule has 0 fully saturated rings. The minimum atomic E-state index is -0.345. The lowest BCUT2D eigenvalue weighted by Gasteiger charge is -2.25. The van der Waals surface area contributed by atoms with Crippen LogP contribution in [0.4, 0.5) is 5.69 Å². The number of likely N-dealkylation sites (N-methyl/N-ethyl adjacent to an activating group) is 2. The average molecular weight is 391 g/mol. The average Bonchev–Trinajstić information content (AvgIpc) is 2.48. The van der Waals surface area contributed by atoms with Crippen molar-refractivity contribution in [1.29, 1.82) is 0 Å². The summed E-state index contributed by atoms with van der Waals surface area (Å²) in [5, 5.41) is 5.75. The summed E-state index contributed by atoms with van der Waals surface area (Å²) in [6.45, 7) is 11.7. The van der Waals surface area contributed by atoms with Crippen molar-refractivity contribution in [2.24, 2.45) is 0 Å². The first-order valence-electron chi connectivity index (χ1n) is 9.39. The van der Waals surface area contributed by atoms with E-state index in [1.54, 1.807) is 19.0 Å². The molecule has 3 amide bonds. The second-order valence-corrected chi connectivity index (χ2v) is 8.54. The number of benzene rings is 1. The number of amides is 3. The molecule has 0 aromatic heterocycles. The molecule has 1 aromatic carbocycles. The van der Waals surface area contributed by atoms with Gasteiger partial charge in [0.15, 0.2) is 0 Å². The molecule has 0 aliphatic rings. The van der Waals surface area contributed by atoms with Gasteiger partial charge in [-0.2, -0.15) is 0 Å². The van der Waals surface area contributed by atoms with Crippen molar-refractivity contribution in [3.05, 3.63) is 28.8 Å². The normalized spacial score (nSPS) is 11.3. The Morgan fingerprint density at radius 1 is 0.893 bits per heavy atom. The third-order valence-electron chi connectivity index (χ3n) is 4.08. The van der Waals surface area contributed by atoms with E-state index >= 15 is 0 Å². The van der Waals surface area contributed by atoms with Gasteiger partial charge in [0.1, 0.15) is 0 Å². The van der Waals surface area contributed by atoms with Crippen LogP contribution in [0.3, 0.4) is 0 Å². The number of nitrogens with zero attached hydrogens (tertiary/aromatic N) is 2. The molecule has 2 N–H and O–H groups in total. The Morgan fingerprint density at radius 3 is 1.93 bits per heavy atom. The van der Waals surface area contributed by atoms with Crippen LogP contribution in [0.5, 0.6) is 0 Å². The highest BCUT2D eigenvalue weighted by Gasteiger charge is 2.19. The molecule has 7 heteroatoms. The van der Waals surface area contributed by atoms with Crippen LogP contribution in [0.1, 0.15) is 37.5 Å². The van der Waals surface area contributed by atoms with Gasteiger partial charge >= 0.3 is 0 Å². The molecule has 0 saturated heterocycles. The van der Waals surface area contributed by atoms with Crippen molar-refractivity contribution < 1.29 is 14.4 Å². The summed E-state index contributed by atoms with van der Waals surface area (Å²) in [6, 6.07) is 4.04. The molecule has 156 valence electrons. The largest absolute Gasteiger partial charge is 0.350 e. The van der Waals surface area contributed by atoms with E-state index in [0.29, 0.717) is 0 Å². The van der Waals surface area contributed by atoms with E-state index in [0.717, 1.165) is 22.4 Å². The van der Waals surface area contributed by atoms with Gasteiger partial charge in [0.2, 0.25) is 17.7 Å². The standard InChI is InChI=1S/C21H34N4O3/c1-14-9-15(2)20(16(3)10-14)22-17(26)11-24(7)13-19(28)25(8)12-18(27)23-21(4,5)6/h9-10H,11-13H2,1-8H3,(H,22,26)(H,23,27). The van der Waals surface area contributed by atoms with Crippen LogP contribution in [-0.4, -0.2) is 66.8 Å². The molecule has 7 nitrogen and oxygen atoms in total. The van der Waals surface area contributed by atoms with E-state index in [9.17, 15) is 14.4 Å². The summed E-state index contributed by atoms with van der Waals surface area (Å²) in [5.74, 6) is -0.616. The van der Waals surface area contributed by atoms with Crippen LogP contribution in [0.15, 0.2) is 12.1 Å². The van der Waals surface area contributed by atoms with E-state index in [1.807, 2.05) is 53.7 Å². The van der Waals surface area contributed by atoms with Crippen molar-refractivity contribution in [3.8, 4) is 0 Å². The van der Waals surface area contributed by atoms with Gasteiger partial charge in [-0.3, -0.25) is 19.3 Å². The number of nitrogens with one attached hydrogen (secondary N) is 2. The number of hydrogen-bond acceptors (Lipinski definition) is 4. The molecule has 0 saturated carbocycles. The molecule has 1 rings (SSSR count).